The number of methoxy groups -OCH3 is 1. The van der Waals surface area contributed by atoms with E-state index in [2.05, 4.69) is 10.4 Å². The molecule has 0 aliphatic heterocycles. The highest BCUT2D eigenvalue weighted by Crippen LogP contribution is 2.31. The van der Waals surface area contributed by atoms with Crippen molar-refractivity contribution in [1.29, 1.82) is 0 Å². The maximum Gasteiger partial charge on any atom is 0.310 e. The highest BCUT2D eigenvalue weighted by molar-refractivity contribution is 5.92. The van der Waals surface area contributed by atoms with Gasteiger partial charge >= 0.3 is 5.97 Å². The van der Waals surface area contributed by atoms with Gasteiger partial charge in [0.2, 0.25) is 0 Å². The molecule has 0 saturated heterocycles. The van der Waals surface area contributed by atoms with E-state index in [4.69, 9.17) is 9.47 Å². The summed E-state index contributed by atoms with van der Waals surface area (Å²) in [6.07, 6.45) is 6.28. The van der Waals surface area contributed by atoms with Gasteiger partial charge in [0.25, 0.3) is 5.91 Å². The zero-order valence-electron chi connectivity index (χ0n) is 14.8. The number of carbonyl (C=O) groups is 2. The van der Waals surface area contributed by atoms with Crippen LogP contribution in [0.25, 0.3) is 0 Å². The van der Waals surface area contributed by atoms with Crippen LogP contribution in [0.5, 0.6) is 5.75 Å². The normalized spacial score (nSPS) is 14.2. The Hall–Kier alpha value is -2.83. The average Bonchev–Trinajstić information content (AvgIpc) is 3.32. The first-order valence-corrected chi connectivity index (χ1v) is 8.77. The summed E-state index contributed by atoms with van der Waals surface area (Å²) in [4.78, 5) is 24.0. The van der Waals surface area contributed by atoms with E-state index < -0.39 is 5.97 Å². The molecular formula is C19H23N3O4. The molecule has 1 fully saturated rings. The molecule has 0 spiro atoms. The summed E-state index contributed by atoms with van der Waals surface area (Å²) in [5, 5.41) is 7.07. The molecule has 1 saturated carbocycles. The lowest BCUT2D eigenvalue weighted by atomic mass is 10.1. The Morgan fingerprint density at radius 1 is 1.19 bits per heavy atom. The Morgan fingerprint density at radius 2 is 1.92 bits per heavy atom. The molecule has 0 radical (unpaired) electrons. The van der Waals surface area contributed by atoms with Gasteiger partial charge in [-0.1, -0.05) is 25.0 Å². The van der Waals surface area contributed by atoms with Gasteiger partial charge in [-0.3, -0.25) is 9.59 Å². The monoisotopic (exact) mass is 357 g/mol. The molecule has 2 aromatic rings. The molecule has 26 heavy (non-hydrogen) atoms. The Kier molecular flexibility index (Phi) is 5.88. The zero-order valence-corrected chi connectivity index (χ0v) is 14.8. The van der Waals surface area contributed by atoms with E-state index in [0.29, 0.717) is 11.9 Å². The van der Waals surface area contributed by atoms with Crippen LogP contribution in [0.4, 0.5) is 5.82 Å². The number of hydrogen-bond donors (Lipinski definition) is 1. The van der Waals surface area contributed by atoms with E-state index in [0.717, 1.165) is 24.2 Å². The largest absolute Gasteiger partial charge is 0.497 e. The minimum absolute atomic E-state index is 0.108. The van der Waals surface area contributed by atoms with Crippen molar-refractivity contribution in [3.8, 4) is 5.75 Å². The fourth-order valence-electron chi connectivity index (χ4n) is 3.14. The molecule has 3 rings (SSSR count). The topological polar surface area (TPSA) is 82.4 Å². The lowest BCUT2D eigenvalue weighted by Gasteiger charge is -2.14. The van der Waals surface area contributed by atoms with E-state index in [1.54, 1.807) is 43.6 Å². The van der Waals surface area contributed by atoms with Crippen LogP contribution in [0.2, 0.25) is 0 Å². The smallest absolute Gasteiger partial charge is 0.310 e. The highest BCUT2D eigenvalue weighted by atomic mass is 16.5. The molecule has 1 N–H and O–H groups in total. The summed E-state index contributed by atoms with van der Waals surface area (Å²) in [5.41, 5.74) is 0.801. The molecule has 7 nitrogen and oxygen atoms in total. The Labute approximate surface area is 152 Å². The van der Waals surface area contributed by atoms with E-state index >= 15 is 0 Å². The lowest BCUT2D eigenvalue weighted by Crippen LogP contribution is -2.23. The number of nitrogens with one attached hydrogen (secondary N) is 1. The van der Waals surface area contributed by atoms with Crippen molar-refractivity contribution >= 4 is 17.7 Å². The summed E-state index contributed by atoms with van der Waals surface area (Å²) in [6, 6.07) is 9.23. The number of rotatable bonds is 7. The molecule has 1 aliphatic rings. The maximum atomic E-state index is 12.1. The van der Waals surface area contributed by atoms with Crippen LogP contribution in [0.3, 0.4) is 0 Å². The van der Waals surface area contributed by atoms with Gasteiger partial charge < -0.3 is 14.8 Å². The summed E-state index contributed by atoms with van der Waals surface area (Å²) < 4.78 is 12.0. The highest BCUT2D eigenvalue weighted by Gasteiger charge is 2.20. The second kappa shape index (κ2) is 8.51. The van der Waals surface area contributed by atoms with Crippen LogP contribution in [-0.4, -0.2) is 35.4 Å². The Bertz CT molecular complexity index is 748. The number of ether oxygens (including phenoxy) is 2. The van der Waals surface area contributed by atoms with Crippen LogP contribution in [-0.2, 0) is 20.7 Å². The molecule has 1 aliphatic carbocycles. The van der Waals surface area contributed by atoms with Gasteiger partial charge in [-0.15, -0.1) is 0 Å². The fraction of sp³-hybridized carbons (Fsp3) is 0.421. The van der Waals surface area contributed by atoms with Crippen LogP contribution in [0, 0.1) is 0 Å². The number of anilines is 1. The fourth-order valence-corrected chi connectivity index (χ4v) is 3.14. The van der Waals surface area contributed by atoms with Gasteiger partial charge in [0.15, 0.2) is 6.61 Å². The number of esters is 1. The Balaban J connectivity index is 1.46. The van der Waals surface area contributed by atoms with Crippen LogP contribution in [0.15, 0.2) is 36.5 Å². The van der Waals surface area contributed by atoms with Crippen LogP contribution < -0.4 is 10.1 Å². The first-order valence-electron chi connectivity index (χ1n) is 8.77. The van der Waals surface area contributed by atoms with Gasteiger partial charge in [0.1, 0.15) is 11.6 Å². The molecule has 0 bridgehead atoms. The van der Waals surface area contributed by atoms with Crippen LogP contribution >= 0.6 is 0 Å². The molecule has 1 amide bonds. The molecular weight excluding hydrogens is 334 g/mol. The molecule has 1 aromatic heterocycles. The predicted molar refractivity (Wildman–Crippen MR) is 96.0 cm³/mol. The third-order valence-electron chi connectivity index (χ3n) is 4.48. The van der Waals surface area contributed by atoms with Crippen LogP contribution in [0.1, 0.15) is 37.3 Å². The average molecular weight is 357 g/mol. The standard InChI is InChI=1S/C19H23N3O4/c1-25-16-8-6-14(7-9-16)12-19(24)26-13-18(23)21-17-10-11-20-22(17)15-4-2-3-5-15/h6-11,15H,2-5,12-13H2,1H3,(H,21,23). The van der Waals surface area contributed by atoms with Gasteiger partial charge in [0.05, 0.1) is 25.8 Å². The van der Waals surface area contributed by atoms with Crippen molar-refractivity contribution in [2.45, 2.75) is 38.1 Å². The minimum atomic E-state index is -0.449. The van der Waals surface area contributed by atoms with E-state index in [-0.39, 0.29) is 18.9 Å². The quantitative estimate of drug-likeness (QED) is 0.771. The summed E-state index contributed by atoms with van der Waals surface area (Å²) in [7, 11) is 1.58. The van der Waals surface area contributed by atoms with E-state index in [9.17, 15) is 9.59 Å². The van der Waals surface area contributed by atoms with Crippen molar-refractivity contribution in [3.63, 3.8) is 0 Å². The number of benzene rings is 1. The van der Waals surface area contributed by atoms with Gasteiger partial charge in [-0.2, -0.15) is 5.10 Å². The van der Waals surface area contributed by atoms with Gasteiger partial charge in [-0.25, -0.2) is 4.68 Å². The molecule has 1 aromatic carbocycles. The minimum Gasteiger partial charge on any atom is -0.497 e. The number of carbonyl (C=O) groups excluding carboxylic acids is 2. The predicted octanol–water partition coefficient (Wildman–Crippen LogP) is 2.73. The van der Waals surface area contributed by atoms with E-state index in [1.807, 2.05) is 4.68 Å². The van der Waals surface area contributed by atoms with Gasteiger partial charge in [-0.05, 0) is 30.5 Å². The van der Waals surface area contributed by atoms with Crippen molar-refractivity contribution in [1.82, 2.24) is 9.78 Å². The third kappa shape index (κ3) is 4.62. The number of amides is 1. The first-order chi connectivity index (χ1) is 12.7. The number of aromatic nitrogens is 2. The molecule has 0 unspecified atom stereocenters. The maximum absolute atomic E-state index is 12.1. The van der Waals surface area contributed by atoms with Crippen molar-refractivity contribution < 1.29 is 19.1 Å². The van der Waals surface area contributed by atoms with Gasteiger partial charge in [0, 0.05) is 6.07 Å². The first kappa shape index (κ1) is 18.0. The second-order valence-corrected chi connectivity index (χ2v) is 6.33. The molecule has 138 valence electrons. The molecule has 1 heterocycles. The summed E-state index contributed by atoms with van der Waals surface area (Å²) in [6.45, 7) is -0.315. The number of hydrogen-bond acceptors (Lipinski definition) is 5. The molecule has 0 atom stereocenters. The SMILES string of the molecule is COc1ccc(CC(=O)OCC(=O)Nc2ccnn2C2CCCC2)cc1. The summed E-state index contributed by atoms with van der Waals surface area (Å²) >= 11 is 0. The Morgan fingerprint density at radius 3 is 2.62 bits per heavy atom. The number of nitrogens with zero attached hydrogens (tertiary/aromatic N) is 2. The summed E-state index contributed by atoms with van der Waals surface area (Å²) in [5.74, 6) is 0.552. The van der Waals surface area contributed by atoms with Crippen molar-refractivity contribution in [2.24, 2.45) is 0 Å². The van der Waals surface area contributed by atoms with Crippen molar-refractivity contribution in [3.05, 3.63) is 42.1 Å². The third-order valence-corrected chi connectivity index (χ3v) is 4.48. The molecule has 7 heteroatoms. The lowest BCUT2D eigenvalue weighted by molar-refractivity contribution is -0.146. The van der Waals surface area contributed by atoms with E-state index in [1.165, 1.54) is 12.8 Å². The van der Waals surface area contributed by atoms with Crippen molar-refractivity contribution in [2.75, 3.05) is 19.0 Å². The zero-order chi connectivity index (χ0) is 18.4. The second-order valence-electron chi connectivity index (χ2n) is 6.33.